The highest BCUT2D eigenvalue weighted by atomic mass is 32.2. The minimum atomic E-state index is -0.0704. The molecule has 2 aliphatic rings. The topological polar surface area (TPSA) is 93.8 Å². The smallest absolute Gasteiger partial charge is 0.268 e. The number of rotatable bonds is 6. The van der Waals surface area contributed by atoms with E-state index >= 15 is 0 Å². The Morgan fingerprint density at radius 3 is 2.94 bits per heavy atom. The summed E-state index contributed by atoms with van der Waals surface area (Å²) in [6.45, 7) is 3.02. The number of thiophene rings is 1. The highest BCUT2D eigenvalue weighted by Gasteiger charge is 2.27. The van der Waals surface area contributed by atoms with Crippen LogP contribution in [0, 0.1) is 0 Å². The molecule has 0 aliphatic carbocycles. The van der Waals surface area contributed by atoms with Gasteiger partial charge in [-0.2, -0.15) is 0 Å². The van der Waals surface area contributed by atoms with Gasteiger partial charge < -0.3 is 15.0 Å². The van der Waals surface area contributed by atoms with Crippen LogP contribution in [0.4, 0.5) is 0 Å². The highest BCUT2D eigenvalue weighted by Crippen LogP contribution is 2.35. The third kappa shape index (κ3) is 4.16. The summed E-state index contributed by atoms with van der Waals surface area (Å²) >= 11 is 2.96. The van der Waals surface area contributed by atoms with Crippen LogP contribution >= 0.6 is 23.1 Å². The Labute approximate surface area is 210 Å². The van der Waals surface area contributed by atoms with Crippen molar-refractivity contribution in [2.24, 2.45) is 0 Å². The molecule has 0 saturated carbocycles. The van der Waals surface area contributed by atoms with Crippen LogP contribution in [0.5, 0.6) is 0 Å². The molecule has 9 nitrogen and oxygen atoms in total. The molecule has 1 fully saturated rings. The van der Waals surface area contributed by atoms with Crippen molar-refractivity contribution in [3.63, 3.8) is 0 Å². The van der Waals surface area contributed by atoms with Crippen LogP contribution in [-0.2, 0) is 22.5 Å². The van der Waals surface area contributed by atoms with Gasteiger partial charge in [-0.05, 0) is 44.0 Å². The van der Waals surface area contributed by atoms with Crippen molar-refractivity contribution in [1.82, 2.24) is 29.4 Å². The number of nitrogens with one attached hydrogen (secondary N) is 1. The number of amides is 1. The van der Waals surface area contributed by atoms with Crippen LogP contribution in [0.15, 0.2) is 40.3 Å². The second-order valence-corrected chi connectivity index (χ2v) is 11.0. The summed E-state index contributed by atoms with van der Waals surface area (Å²) in [6.07, 6.45) is 2.96. The summed E-state index contributed by atoms with van der Waals surface area (Å²) in [5.74, 6) is 0.609. The van der Waals surface area contributed by atoms with E-state index in [0.717, 1.165) is 60.4 Å². The van der Waals surface area contributed by atoms with Crippen molar-refractivity contribution in [2.75, 3.05) is 32.5 Å². The first kappa shape index (κ1) is 22.7. The number of ether oxygens (including phenoxy) is 1. The molecule has 6 rings (SSSR count). The first-order valence-electron chi connectivity index (χ1n) is 11.8. The van der Waals surface area contributed by atoms with Gasteiger partial charge in [0.25, 0.3) is 5.56 Å². The van der Waals surface area contributed by atoms with E-state index < -0.39 is 0 Å². The second kappa shape index (κ2) is 9.38. The first-order chi connectivity index (χ1) is 17.1. The molecule has 1 atom stereocenters. The summed E-state index contributed by atoms with van der Waals surface area (Å²) in [7, 11) is 2.10. The average molecular weight is 511 g/mol. The van der Waals surface area contributed by atoms with Crippen molar-refractivity contribution < 1.29 is 9.53 Å². The molecule has 1 unspecified atom stereocenters. The van der Waals surface area contributed by atoms with Gasteiger partial charge in [-0.15, -0.1) is 21.5 Å². The summed E-state index contributed by atoms with van der Waals surface area (Å²) in [6, 6.07) is 9.54. The fourth-order valence-electron chi connectivity index (χ4n) is 4.80. The maximum absolute atomic E-state index is 13.8. The Morgan fingerprint density at radius 1 is 1.29 bits per heavy atom. The van der Waals surface area contributed by atoms with E-state index in [1.165, 1.54) is 16.6 Å². The van der Waals surface area contributed by atoms with Gasteiger partial charge in [0.15, 0.2) is 5.16 Å². The van der Waals surface area contributed by atoms with E-state index in [4.69, 9.17) is 4.74 Å². The van der Waals surface area contributed by atoms with Crippen LogP contribution in [0.3, 0.4) is 0 Å². The van der Waals surface area contributed by atoms with Crippen LogP contribution in [-0.4, -0.2) is 68.6 Å². The number of fused-ring (bicyclic) bond motifs is 5. The zero-order valence-electron chi connectivity index (χ0n) is 19.4. The van der Waals surface area contributed by atoms with Gasteiger partial charge in [0.05, 0.1) is 22.9 Å². The molecule has 0 bridgehead atoms. The number of benzene rings is 1. The van der Waals surface area contributed by atoms with Gasteiger partial charge in [0, 0.05) is 31.1 Å². The summed E-state index contributed by atoms with van der Waals surface area (Å²) in [5.41, 5.74) is 1.80. The van der Waals surface area contributed by atoms with Gasteiger partial charge >= 0.3 is 0 Å². The molecule has 5 heterocycles. The number of para-hydroxylation sites is 1. The molecular weight excluding hydrogens is 484 g/mol. The quantitative estimate of drug-likeness (QED) is 0.398. The SMILES string of the molecule is CN1CCc2c(sc3c2c(=O)n(-c2ccccc2)c2nnc(SCC(=O)NCC4CCCO4)n32)C1. The lowest BCUT2D eigenvalue weighted by atomic mass is 10.1. The fourth-order valence-corrected chi connectivity index (χ4v) is 7.04. The van der Waals surface area contributed by atoms with Crippen LogP contribution in [0.2, 0.25) is 0 Å². The predicted molar refractivity (Wildman–Crippen MR) is 137 cm³/mol. The van der Waals surface area contributed by atoms with Gasteiger partial charge in [-0.1, -0.05) is 30.0 Å². The molecule has 11 heteroatoms. The van der Waals surface area contributed by atoms with E-state index in [9.17, 15) is 9.59 Å². The van der Waals surface area contributed by atoms with Gasteiger partial charge in [-0.3, -0.25) is 9.59 Å². The van der Waals surface area contributed by atoms with Crippen molar-refractivity contribution >= 4 is 45.0 Å². The lowest BCUT2D eigenvalue weighted by molar-refractivity contribution is -0.119. The summed E-state index contributed by atoms with van der Waals surface area (Å²) < 4.78 is 9.18. The second-order valence-electron chi connectivity index (χ2n) is 8.99. The lowest BCUT2D eigenvalue weighted by Crippen LogP contribution is -2.32. The molecule has 3 aromatic heterocycles. The predicted octanol–water partition coefficient (Wildman–Crippen LogP) is 2.47. The molecular formula is C24H26N6O3S2. The van der Waals surface area contributed by atoms with Crippen LogP contribution in [0.1, 0.15) is 23.3 Å². The van der Waals surface area contributed by atoms with Crippen molar-refractivity contribution in [3.05, 3.63) is 51.1 Å². The number of hydrogen-bond donors (Lipinski definition) is 1. The maximum Gasteiger partial charge on any atom is 0.268 e. The maximum atomic E-state index is 13.8. The third-order valence-electron chi connectivity index (χ3n) is 6.56. The molecule has 35 heavy (non-hydrogen) atoms. The molecule has 1 N–H and O–H groups in total. The molecule has 1 amide bonds. The number of hydrogen-bond acceptors (Lipinski definition) is 8. The van der Waals surface area contributed by atoms with Crippen LogP contribution in [0.25, 0.3) is 21.7 Å². The van der Waals surface area contributed by atoms with Gasteiger partial charge in [0.2, 0.25) is 11.7 Å². The van der Waals surface area contributed by atoms with Gasteiger partial charge in [-0.25, -0.2) is 8.97 Å². The molecule has 1 aromatic carbocycles. The molecule has 0 spiro atoms. The van der Waals surface area contributed by atoms with Crippen molar-refractivity contribution in [2.45, 2.75) is 37.1 Å². The summed E-state index contributed by atoms with van der Waals surface area (Å²) in [5, 5.41) is 13.1. The minimum Gasteiger partial charge on any atom is -0.376 e. The average Bonchev–Trinajstić information content (AvgIpc) is 3.60. The number of thioether (sulfide) groups is 1. The van der Waals surface area contributed by atoms with E-state index in [1.807, 2.05) is 34.7 Å². The number of nitrogens with zero attached hydrogens (tertiary/aromatic N) is 5. The zero-order chi connectivity index (χ0) is 23.9. The Hall–Kier alpha value is -2.73. The highest BCUT2D eigenvalue weighted by molar-refractivity contribution is 7.99. The number of likely N-dealkylation sites (N-methyl/N-ethyl adjacent to an activating group) is 1. The van der Waals surface area contributed by atoms with Gasteiger partial charge in [0.1, 0.15) is 4.83 Å². The molecule has 1 saturated heterocycles. The standard InChI is InChI=1S/C24H26N6O3S2/c1-28-10-9-17-18(13-28)35-22-20(17)21(32)29(15-6-3-2-4-7-15)23-26-27-24(30(22)23)34-14-19(31)25-12-16-8-5-11-33-16/h2-4,6-7,16H,5,8-14H2,1H3,(H,25,31). The van der Waals surface area contributed by atoms with E-state index in [2.05, 4.69) is 27.5 Å². The lowest BCUT2D eigenvalue weighted by Gasteiger charge is -2.21. The Bertz CT molecular complexity index is 1460. The minimum absolute atomic E-state index is 0.0676. The monoisotopic (exact) mass is 510 g/mol. The Morgan fingerprint density at radius 2 is 2.14 bits per heavy atom. The van der Waals surface area contributed by atoms with Crippen molar-refractivity contribution in [1.29, 1.82) is 0 Å². The van der Waals surface area contributed by atoms with E-state index in [1.54, 1.807) is 15.9 Å². The Kier molecular flexibility index (Phi) is 6.09. The molecule has 2 aliphatic heterocycles. The van der Waals surface area contributed by atoms with Crippen molar-refractivity contribution in [3.8, 4) is 5.69 Å². The molecule has 4 aromatic rings. The van der Waals surface area contributed by atoms with Crippen LogP contribution < -0.4 is 10.9 Å². The first-order valence-corrected chi connectivity index (χ1v) is 13.6. The third-order valence-corrected chi connectivity index (χ3v) is 8.69. The molecule has 182 valence electrons. The van der Waals surface area contributed by atoms with E-state index in [0.29, 0.717) is 17.5 Å². The van der Waals surface area contributed by atoms with E-state index in [-0.39, 0.29) is 23.3 Å². The summed E-state index contributed by atoms with van der Waals surface area (Å²) in [4.78, 5) is 30.7. The fraction of sp³-hybridized carbons (Fsp3) is 0.417. The largest absolute Gasteiger partial charge is 0.376 e. The number of carbonyl (C=O) groups excluding carboxylic acids is 1. The zero-order valence-corrected chi connectivity index (χ0v) is 21.0. The molecule has 0 radical (unpaired) electrons. The number of aromatic nitrogens is 4. The normalized spacial score (nSPS) is 18.4. The number of carbonyl (C=O) groups is 1. The Balaban J connectivity index is 1.41.